The molecule has 0 atom stereocenters. The normalized spacial score (nSPS) is 20.4. The Kier molecular flexibility index (Phi) is 4.47. The lowest BCUT2D eigenvalue weighted by molar-refractivity contribution is -0.142. The van der Waals surface area contributed by atoms with Crippen LogP contribution in [0.4, 0.5) is 14.9 Å². The Hall–Kier alpha value is -2.84. The number of carbonyl (C=O) groups excluding carboxylic acids is 1. The number of urea groups is 1. The Morgan fingerprint density at radius 2 is 1.96 bits per heavy atom. The van der Waals surface area contributed by atoms with E-state index in [1.807, 2.05) is 0 Å². The molecule has 25 heavy (non-hydrogen) atoms. The van der Waals surface area contributed by atoms with Crippen molar-refractivity contribution in [1.82, 2.24) is 9.88 Å². The van der Waals surface area contributed by atoms with E-state index >= 15 is 0 Å². The molecule has 134 valence electrons. The molecule has 1 heterocycles. The SMILES string of the molecule is Cn1c(=O)oc2cc(NC(=O)NC3CCC(C(=O)O)CC3)c(F)cc21. The molecule has 3 N–H and O–H groups in total. The molecule has 1 aromatic carbocycles. The predicted octanol–water partition coefficient (Wildman–Crippen LogP) is 2.04. The molecule has 0 spiro atoms. The lowest BCUT2D eigenvalue weighted by atomic mass is 9.86. The van der Waals surface area contributed by atoms with Crippen LogP contribution in [0.15, 0.2) is 21.3 Å². The van der Waals surface area contributed by atoms with Crippen molar-refractivity contribution >= 4 is 28.8 Å². The number of halogens is 1. The maximum atomic E-state index is 14.1. The van der Waals surface area contributed by atoms with Gasteiger partial charge in [0, 0.05) is 25.2 Å². The number of oxazole rings is 1. The van der Waals surface area contributed by atoms with Crippen LogP contribution in [0.3, 0.4) is 0 Å². The lowest BCUT2D eigenvalue weighted by Gasteiger charge is -2.26. The number of carboxylic acids is 1. The number of aromatic nitrogens is 1. The Morgan fingerprint density at radius 1 is 1.28 bits per heavy atom. The largest absolute Gasteiger partial charge is 0.481 e. The molecule has 0 saturated heterocycles. The van der Waals surface area contributed by atoms with Gasteiger partial charge in [-0.25, -0.2) is 14.0 Å². The van der Waals surface area contributed by atoms with E-state index in [1.165, 1.54) is 17.7 Å². The summed E-state index contributed by atoms with van der Waals surface area (Å²) in [5.41, 5.74) is 0.366. The highest BCUT2D eigenvalue weighted by molar-refractivity contribution is 5.92. The molecule has 1 aromatic heterocycles. The molecular formula is C16H18FN3O5. The molecule has 2 aromatic rings. The number of fused-ring (bicyclic) bond motifs is 1. The van der Waals surface area contributed by atoms with Crippen LogP contribution in [-0.2, 0) is 11.8 Å². The zero-order valence-corrected chi connectivity index (χ0v) is 13.5. The molecule has 9 heteroatoms. The summed E-state index contributed by atoms with van der Waals surface area (Å²) in [7, 11) is 1.46. The number of carboxylic acid groups (broad SMARTS) is 1. The smallest absolute Gasteiger partial charge is 0.419 e. The van der Waals surface area contributed by atoms with Crippen molar-refractivity contribution in [3.05, 3.63) is 28.5 Å². The van der Waals surface area contributed by atoms with E-state index in [4.69, 9.17) is 9.52 Å². The van der Waals surface area contributed by atoms with E-state index in [-0.39, 0.29) is 23.2 Å². The second-order valence-corrected chi connectivity index (χ2v) is 6.21. The van der Waals surface area contributed by atoms with E-state index in [0.717, 1.165) is 6.07 Å². The van der Waals surface area contributed by atoms with Gasteiger partial charge in [-0.15, -0.1) is 0 Å². The molecule has 8 nitrogen and oxygen atoms in total. The number of amides is 2. The number of rotatable bonds is 3. The fraction of sp³-hybridized carbons (Fsp3) is 0.438. The minimum absolute atomic E-state index is 0.0985. The maximum absolute atomic E-state index is 14.1. The second kappa shape index (κ2) is 6.58. The summed E-state index contributed by atoms with van der Waals surface area (Å²) in [4.78, 5) is 34.4. The number of aliphatic carboxylic acids is 1. The Morgan fingerprint density at radius 3 is 2.60 bits per heavy atom. The molecular weight excluding hydrogens is 333 g/mol. The zero-order valence-electron chi connectivity index (χ0n) is 13.5. The first-order valence-corrected chi connectivity index (χ1v) is 7.94. The highest BCUT2D eigenvalue weighted by Crippen LogP contribution is 2.25. The van der Waals surface area contributed by atoms with Crippen molar-refractivity contribution in [3.63, 3.8) is 0 Å². The lowest BCUT2D eigenvalue weighted by Crippen LogP contribution is -2.41. The molecule has 0 radical (unpaired) electrons. The summed E-state index contributed by atoms with van der Waals surface area (Å²) >= 11 is 0. The molecule has 0 bridgehead atoms. The third-order valence-corrected chi connectivity index (χ3v) is 4.54. The minimum atomic E-state index is -0.817. The molecule has 0 aliphatic heterocycles. The summed E-state index contributed by atoms with van der Waals surface area (Å²) < 4.78 is 20.3. The van der Waals surface area contributed by atoms with Crippen molar-refractivity contribution in [2.75, 3.05) is 5.32 Å². The van der Waals surface area contributed by atoms with Gasteiger partial charge >= 0.3 is 17.8 Å². The summed E-state index contributed by atoms with van der Waals surface area (Å²) in [5.74, 6) is -2.50. The van der Waals surface area contributed by atoms with E-state index in [9.17, 15) is 18.8 Å². The predicted molar refractivity (Wildman–Crippen MR) is 86.9 cm³/mol. The first-order chi connectivity index (χ1) is 11.8. The second-order valence-electron chi connectivity index (χ2n) is 6.21. The average Bonchev–Trinajstić information content (AvgIpc) is 2.83. The standard InChI is InChI=1S/C16H18FN3O5/c1-20-12-6-10(17)11(7-13(12)25-16(20)24)19-15(23)18-9-4-2-8(3-5-9)14(21)22/h6-9H,2-5H2,1H3,(H,21,22)(H2,18,19,23). The topological polar surface area (TPSA) is 114 Å². The van der Waals surface area contributed by atoms with E-state index < -0.39 is 23.6 Å². The molecule has 0 unspecified atom stereocenters. The molecule has 1 aliphatic rings. The molecule has 1 aliphatic carbocycles. The van der Waals surface area contributed by atoms with Crippen molar-refractivity contribution in [2.45, 2.75) is 31.7 Å². The number of hydrogen-bond acceptors (Lipinski definition) is 4. The summed E-state index contributed by atoms with van der Waals surface area (Å²) in [6.07, 6.45) is 2.10. The van der Waals surface area contributed by atoms with Gasteiger partial charge in [-0.05, 0) is 25.7 Å². The molecule has 1 fully saturated rings. The minimum Gasteiger partial charge on any atom is -0.481 e. The average molecular weight is 351 g/mol. The Balaban J connectivity index is 1.65. The van der Waals surface area contributed by atoms with Gasteiger partial charge in [-0.1, -0.05) is 0 Å². The number of anilines is 1. The maximum Gasteiger partial charge on any atom is 0.419 e. The van der Waals surface area contributed by atoms with Crippen LogP contribution in [0.25, 0.3) is 11.1 Å². The van der Waals surface area contributed by atoms with Crippen LogP contribution in [0, 0.1) is 11.7 Å². The van der Waals surface area contributed by atoms with Gasteiger partial charge in [0.1, 0.15) is 5.82 Å². The fourth-order valence-corrected chi connectivity index (χ4v) is 3.07. The highest BCUT2D eigenvalue weighted by atomic mass is 19.1. The number of nitrogens with zero attached hydrogens (tertiary/aromatic N) is 1. The third-order valence-electron chi connectivity index (χ3n) is 4.54. The number of carbonyl (C=O) groups is 2. The van der Waals surface area contributed by atoms with Gasteiger partial charge in [0.25, 0.3) is 0 Å². The number of benzene rings is 1. The van der Waals surface area contributed by atoms with Gasteiger partial charge < -0.3 is 20.2 Å². The number of hydrogen-bond donors (Lipinski definition) is 3. The van der Waals surface area contributed by atoms with Crippen LogP contribution < -0.4 is 16.4 Å². The van der Waals surface area contributed by atoms with Crippen molar-refractivity contribution in [1.29, 1.82) is 0 Å². The molecule has 2 amide bonds. The first kappa shape index (κ1) is 17.0. The van der Waals surface area contributed by atoms with Crippen molar-refractivity contribution < 1.29 is 23.5 Å². The van der Waals surface area contributed by atoms with E-state index in [1.54, 1.807) is 0 Å². The molecule has 3 rings (SSSR count). The van der Waals surface area contributed by atoms with Crippen LogP contribution in [-0.4, -0.2) is 27.7 Å². The van der Waals surface area contributed by atoms with Crippen LogP contribution in [0.2, 0.25) is 0 Å². The van der Waals surface area contributed by atoms with E-state index in [0.29, 0.717) is 31.2 Å². The number of nitrogens with one attached hydrogen (secondary N) is 2. The third kappa shape index (κ3) is 3.49. The van der Waals surface area contributed by atoms with Gasteiger partial charge in [0.15, 0.2) is 5.58 Å². The molecule has 1 saturated carbocycles. The fourth-order valence-electron chi connectivity index (χ4n) is 3.07. The van der Waals surface area contributed by atoms with Gasteiger partial charge in [-0.3, -0.25) is 9.36 Å². The number of aryl methyl sites for hydroxylation is 1. The quantitative estimate of drug-likeness (QED) is 0.783. The van der Waals surface area contributed by atoms with Crippen molar-refractivity contribution in [3.8, 4) is 0 Å². The Labute approximate surface area is 141 Å². The van der Waals surface area contributed by atoms with E-state index in [2.05, 4.69) is 10.6 Å². The van der Waals surface area contributed by atoms with Crippen LogP contribution in [0.5, 0.6) is 0 Å². The first-order valence-electron chi connectivity index (χ1n) is 7.94. The monoisotopic (exact) mass is 351 g/mol. The zero-order chi connectivity index (χ0) is 18.1. The summed E-state index contributed by atoms with van der Waals surface area (Å²) in [6, 6.07) is 1.63. The van der Waals surface area contributed by atoms with Crippen LogP contribution >= 0.6 is 0 Å². The van der Waals surface area contributed by atoms with Gasteiger partial charge in [0.05, 0.1) is 17.1 Å². The van der Waals surface area contributed by atoms with Gasteiger partial charge in [-0.2, -0.15) is 0 Å². The summed E-state index contributed by atoms with van der Waals surface area (Å²) in [5, 5.41) is 14.1. The summed E-state index contributed by atoms with van der Waals surface area (Å²) in [6.45, 7) is 0. The van der Waals surface area contributed by atoms with Crippen LogP contribution in [0.1, 0.15) is 25.7 Å². The van der Waals surface area contributed by atoms with Gasteiger partial charge in [0.2, 0.25) is 0 Å². The Bertz CT molecular complexity index is 880. The highest BCUT2D eigenvalue weighted by Gasteiger charge is 2.26. The van der Waals surface area contributed by atoms with Crippen molar-refractivity contribution in [2.24, 2.45) is 13.0 Å².